The molecule has 1 amide bonds. The summed E-state index contributed by atoms with van der Waals surface area (Å²) in [6, 6.07) is 12.0. The average molecular weight is 392 g/mol. The first kappa shape index (κ1) is 18.3. The predicted octanol–water partition coefficient (Wildman–Crippen LogP) is 3.97. The van der Waals surface area contributed by atoms with Crippen LogP contribution in [0.25, 0.3) is 0 Å². The molecule has 1 aromatic heterocycles. The number of rotatable bonds is 7. The summed E-state index contributed by atoms with van der Waals surface area (Å²) in [6.07, 6.45) is 0. The number of nitrogens with one attached hydrogen (secondary N) is 2. The van der Waals surface area contributed by atoms with Gasteiger partial charge in [-0.3, -0.25) is 4.79 Å². The quantitative estimate of drug-likeness (QED) is 0.596. The number of nitrogens with zero attached hydrogens (tertiary/aromatic N) is 2. The molecule has 134 valence electrons. The Kier molecular flexibility index (Phi) is 6.13. The maximum atomic E-state index is 13.2. The van der Waals surface area contributed by atoms with Gasteiger partial charge in [0.2, 0.25) is 11.0 Å². The van der Waals surface area contributed by atoms with Crippen LogP contribution in [0.15, 0.2) is 52.9 Å². The van der Waals surface area contributed by atoms with E-state index in [4.69, 9.17) is 0 Å². The Labute approximate surface area is 156 Å². The first-order valence-corrected chi connectivity index (χ1v) is 9.39. The molecule has 3 aromatic rings. The molecule has 0 atom stereocenters. The monoisotopic (exact) mass is 392 g/mol. The van der Waals surface area contributed by atoms with Gasteiger partial charge in [-0.05, 0) is 35.9 Å². The van der Waals surface area contributed by atoms with Gasteiger partial charge < -0.3 is 10.6 Å². The smallest absolute Gasteiger partial charge is 0.230 e. The zero-order chi connectivity index (χ0) is 18.4. The third kappa shape index (κ3) is 5.50. The Morgan fingerprint density at radius 3 is 2.65 bits per heavy atom. The molecule has 0 aliphatic rings. The van der Waals surface area contributed by atoms with Crippen LogP contribution in [-0.2, 0) is 11.3 Å². The molecule has 3 rings (SSSR count). The Bertz CT molecular complexity index is 886. The zero-order valence-electron chi connectivity index (χ0n) is 13.4. The van der Waals surface area contributed by atoms with Gasteiger partial charge in [0.15, 0.2) is 4.34 Å². The number of hydrogen-bond acceptors (Lipinski definition) is 6. The molecule has 0 fully saturated rings. The van der Waals surface area contributed by atoms with Crippen LogP contribution >= 0.6 is 23.1 Å². The highest BCUT2D eigenvalue weighted by molar-refractivity contribution is 8.01. The van der Waals surface area contributed by atoms with Gasteiger partial charge in [0.1, 0.15) is 11.6 Å². The molecule has 0 unspecified atom stereocenters. The SMILES string of the molecule is O=C(CSc1nnc(Nc2cccc(F)c2)s1)NCc1ccc(F)cc1. The Balaban J connectivity index is 1.45. The van der Waals surface area contributed by atoms with E-state index in [0.29, 0.717) is 21.7 Å². The second-order valence-corrected chi connectivity index (χ2v) is 7.40. The minimum absolute atomic E-state index is 0.158. The van der Waals surface area contributed by atoms with Crippen LogP contribution in [0.4, 0.5) is 19.6 Å². The van der Waals surface area contributed by atoms with Gasteiger partial charge >= 0.3 is 0 Å². The average Bonchev–Trinajstić information content (AvgIpc) is 3.07. The van der Waals surface area contributed by atoms with E-state index in [1.54, 1.807) is 24.3 Å². The van der Waals surface area contributed by atoms with E-state index in [2.05, 4.69) is 20.8 Å². The molecule has 0 saturated carbocycles. The standard InChI is InChI=1S/C17H14F2N4OS2/c18-12-6-4-11(5-7-12)9-20-15(24)10-25-17-23-22-16(26-17)21-14-3-1-2-13(19)8-14/h1-8H,9-10H2,(H,20,24)(H,21,22). The van der Waals surface area contributed by atoms with E-state index < -0.39 is 0 Å². The number of hydrogen-bond donors (Lipinski definition) is 2. The Morgan fingerprint density at radius 1 is 1.08 bits per heavy atom. The molecule has 5 nitrogen and oxygen atoms in total. The molecule has 1 heterocycles. The summed E-state index contributed by atoms with van der Waals surface area (Å²) in [4.78, 5) is 11.9. The fourth-order valence-electron chi connectivity index (χ4n) is 1.99. The highest BCUT2D eigenvalue weighted by Crippen LogP contribution is 2.27. The lowest BCUT2D eigenvalue weighted by Crippen LogP contribution is -2.24. The first-order valence-electron chi connectivity index (χ1n) is 7.58. The predicted molar refractivity (Wildman–Crippen MR) is 98.6 cm³/mol. The van der Waals surface area contributed by atoms with Crippen LogP contribution in [0.2, 0.25) is 0 Å². The molecule has 0 radical (unpaired) electrons. The summed E-state index contributed by atoms with van der Waals surface area (Å²) in [5.74, 6) is -0.619. The number of carbonyl (C=O) groups is 1. The summed E-state index contributed by atoms with van der Waals surface area (Å²) >= 11 is 2.54. The fourth-order valence-corrected chi connectivity index (χ4v) is 3.59. The molecular weight excluding hydrogens is 378 g/mol. The minimum atomic E-state index is -0.341. The van der Waals surface area contributed by atoms with Crippen LogP contribution in [-0.4, -0.2) is 21.9 Å². The zero-order valence-corrected chi connectivity index (χ0v) is 15.0. The molecule has 9 heteroatoms. The van der Waals surface area contributed by atoms with E-state index in [-0.39, 0.29) is 23.3 Å². The molecule has 0 spiro atoms. The van der Waals surface area contributed by atoms with E-state index in [1.807, 2.05) is 0 Å². The highest BCUT2D eigenvalue weighted by atomic mass is 32.2. The second kappa shape index (κ2) is 8.72. The molecule has 0 bridgehead atoms. The van der Waals surface area contributed by atoms with Crippen molar-refractivity contribution < 1.29 is 13.6 Å². The summed E-state index contributed by atoms with van der Waals surface area (Å²) in [7, 11) is 0. The van der Waals surface area contributed by atoms with E-state index in [1.165, 1.54) is 47.4 Å². The Hall–Kier alpha value is -2.52. The lowest BCUT2D eigenvalue weighted by Gasteiger charge is -2.04. The number of anilines is 2. The molecular formula is C17H14F2N4OS2. The van der Waals surface area contributed by atoms with Crippen molar-refractivity contribution in [1.29, 1.82) is 0 Å². The molecule has 0 aliphatic heterocycles. The van der Waals surface area contributed by atoms with Crippen molar-refractivity contribution in [3.05, 3.63) is 65.7 Å². The third-order valence-electron chi connectivity index (χ3n) is 3.21. The summed E-state index contributed by atoms with van der Waals surface area (Å²) < 4.78 is 26.6. The van der Waals surface area contributed by atoms with Gasteiger partial charge in [-0.1, -0.05) is 41.3 Å². The highest BCUT2D eigenvalue weighted by Gasteiger charge is 2.09. The van der Waals surface area contributed by atoms with E-state index >= 15 is 0 Å². The maximum Gasteiger partial charge on any atom is 0.230 e. The molecule has 0 saturated heterocycles. The number of thioether (sulfide) groups is 1. The summed E-state index contributed by atoms with van der Waals surface area (Å²) in [5, 5.41) is 14.2. The fraction of sp³-hybridized carbons (Fsp3) is 0.118. The van der Waals surface area contributed by atoms with Crippen molar-refractivity contribution in [3.63, 3.8) is 0 Å². The topological polar surface area (TPSA) is 66.9 Å². The van der Waals surface area contributed by atoms with Crippen LogP contribution in [0.5, 0.6) is 0 Å². The van der Waals surface area contributed by atoms with E-state index in [0.717, 1.165) is 5.56 Å². The second-order valence-electron chi connectivity index (χ2n) is 5.20. The normalized spacial score (nSPS) is 10.5. The molecule has 2 aromatic carbocycles. The van der Waals surface area contributed by atoms with E-state index in [9.17, 15) is 13.6 Å². The van der Waals surface area contributed by atoms with Gasteiger partial charge in [0.05, 0.1) is 5.75 Å². The summed E-state index contributed by atoms with van der Waals surface area (Å²) in [6.45, 7) is 0.335. The van der Waals surface area contributed by atoms with Gasteiger partial charge in [-0.15, -0.1) is 10.2 Å². The number of halogens is 2. The number of amides is 1. The van der Waals surface area contributed by atoms with Gasteiger partial charge in [0.25, 0.3) is 0 Å². The minimum Gasteiger partial charge on any atom is -0.351 e. The number of aromatic nitrogens is 2. The van der Waals surface area contributed by atoms with Crippen molar-refractivity contribution >= 4 is 39.8 Å². The van der Waals surface area contributed by atoms with Crippen molar-refractivity contribution in [1.82, 2.24) is 15.5 Å². The van der Waals surface area contributed by atoms with Crippen LogP contribution < -0.4 is 10.6 Å². The van der Waals surface area contributed by atoms with Gasteiger partial charge in [-0.25, -0.2) is 8.78 Å². The number of carbonyl (C=O) groups excluding carboxylic acids is 1. The summed E-state index contributed by atoms with van der Waals surface area (Å²) in [5.41, 5.74) is 1.40. The largest absolute Gasteiger partial charge is 0.351 e. The molecule has 2 N–H and O–H groups in total. The molecule has 26 heavy (non-hydrogen) atoms. The first-order chi connectivity index (χ1) is 12.6. The maximum absolute atomic E-state index is 13.2. The van der Waals surface area contributed by atoms with Crippen LogP contribution in [0, 0.1) is 11.6 Å². The van der Waals surface area contributed by atoms with Crippen LogP contribution in [0.3, 0.4) is 0 Å². The van der Waals surface area contributed by atoms with Gasteiger partial charge in [0, 0.05) is 12.2 Å². The van der Waals surface area contributed by atoms with Crippen LogP contribution in [0.1, 0.15) is 5.56 Å². The van der Waals surface area contributed by atoms with Gasteiger partial charge in [-0.2, -0.15) is 0 Å². The molecule has 0 aliphatic carbocycles. The van der Waals surface area contributed by atoms with Crippen molar-refractivity contribution in [2.45, 2.75) is 10.9 Å². The lowest BCUT2D eigenvalue weighted by molar-refractivity contribution is -0.118. The Morgan fingerprint density at radius 2 is 1.88 bits per heavy atom. The third-order valence-corrected chi connectivity index (χ3v) is 5.18. The number of benzene rings is 2. The lowest BCUT2D eigenvalue weighted by atomic mass is 10.2. The van der Waals surface area contributed by atoms with Crippen molar-refractivity contribution in [2.75, 3.05) is 11.1 Å². The van der Waals surface area contributed by atoms with Crippen molar-refractivity contribution in [2.24, 2.45) is 0 Å². The van der Waals surface area contributed by atoms with Crippen molar-refractivity contribution in [3.8, 4) is 0 Å².